The first-order chi connectivity index (χ1) is 5.11. The minimum atomic E-state index is -0.0331. The molecule has 0 heterocycles. The highest BCUT2D eigenvalue weighted by Crippen LogP contribution is 2.08. The van der Waals surface area contributed by atoms with Crippen LogP contribution in [0.15, 0.2) is 27.9 Å². The summed E-state index contributed by atoms with van der Waals surface area (Å²) in [6.45, 7) is 6.45. The molecule has 60 valence electrons. The molecule has 0 aromatic rings. The summed E-state index contributed by atoms with van der Waals surface area (Å²) in [5.41, 5.74) is 0.544. The third-order valence-electron chi connectivity index (χ3n) is 1.14. The van der Waals surface area contributed by atoms with Gasteiger partial charge in [0, 0.05) is 5.57 Å². The molecule has 0 N–H and O–H groups in total. The Kier molecular flexibility index (Phi) is 4.46. The van der Waals surface area contributed by atoms with E-state index in [1.165, 1.54) is 13.0 Å². The molecule has 0 rings (SSSR count). The molecule has 0 unspecified atom stereocenters. The predicted octanol–water partition coefficient (Wildman–Crippen LogP) is 2.30. The normalized spacial score (nSPS) is 13.0. The van der Waals surface area contributed by atoms with Crippen molar-refractivity contribution >= 4 is 24.1 Å². The number of Topliss-reactive ketones (excluding diaryl/α,β-unsaturated/α-hetero) is 1. The third kappa shape index (κ3) is 3.73. The number of allylic oxidation sites excluding steroid dienone is 3. The molecule has 0 bridgehead atoms. The maximum atomic E-state index is 10.8. The first kappa shape index (κ1) is 10.1. The van der Waals surface area contributed by atoms with Gasteiger partial charge in [0.1, 0.15) is 5.16 Å². The first-order valence-corrected chi connectivity index (χ1v) is 3.50. The van der Waals surface area contributed by atoms with Gasteiger partial charge in [0.15, 0.2) is 5.78 Å². The fourth-order valence-electron chi connectivity index (χ4n) is 0.562. The molecule has 0 radical (unpaired) electrons. The summed E-state index contributed by atoms with van der Waals surface area (Å²) in [4.78, 5) is 14.2. The molecular weight excluding hydrogens is 162 g/mol. The Morgan fingerprint density at radius 1 is 1.64 bits per heavy atom. The fraction of sp³-hybridized carbons (Fsp3) is 0.250. The van der Waals surface area contributed by atoms with Crippen molar-refractivity contribution < 1.29 is 4.79 Å². The molecule has 2 nitrogen and oxygen atoms in total. The molecular formula is C8H10ClNO. The van der Waals surface area contributed by atoms with E-state index in [-0.39, 0.29) is 10.9 Å². The van der Waals surface area contributed by atoms with Crippen molar-refractivity contribution in [1.29, 1.82) is 0 Å². The van der Waals surface area contributed by atoms with Gasteiger partial charge in [-0.25, -0.2) is 0 Å². The van der Waals surface area contributed by atoms with E-state index in [4.69, 9.17) is 11.6 Å². The van der Waals surface area contributed by atoms with E-state index < -0.39 is 0 Å². The van der Waals surface area contributed by atoms with Crippen LogP contribution >= 0.6 is 11.6 Å². The average molecular weight is 172 g/mol. The second kappa shape index (κ2) is 4.85. The van der Waals surface area contributed by atoms with Crippen LogP contribution in [0.1, 0.15) is 13.8 Å². The number of carbonyl (C=O) groups excluding carboxylic acids is 1. The summed E-state index contributed by atoms with van der Waals surface area (Å²) in [6.07, 6.45) is 3.16. The highest BCUT2D eigenvalue weighted by molar-refractivity contribution is 6.30. The van der Waals surface area contributed by atoms with Crippen molar-refractivity contribution in [1.82, 2.24) is 0 Å². The van der Waals surface area contributed by atoms with Crippen molar-refractivity contribution in [3.63, 3.8) is 0 Å². The molecule has 11 heavy (non-hydrogen) atoms. The van der Waals surface area contributed by atoms with E-state index >= 15 is 0 Å². The van der Waals surface area contributed by atoms with Crippen LogP contribution in [0, 0.1) is 0 Å². The Bertz CT molecular complexity index is 228. The molecule has 0 saturated carbocycles. The third-order valence-corrected chi connectivity index (χ3v) is 1.37. The molecule has 0 aromatic heterocycles. The quantitative estimate of drug-likeness (QED) is 0.277. The highest BCUT2D eigenvalue weighted by atomic mass is 35.5. The molecule has 0 spiro atoms. The van der Waals surface area contributed by atoms with Crippen LogP contribution in [0.4, 0.5) is 0 Å². The molecule has 0 aromatic carbocycles. The molecule has 0 fully saturated rings. The number of hydrogen-bond donors (Lipinski definition) is 0. The van der Waals surface area contributed by atoms with Crippen molar-refractivity contribution in [2.24, 2.45) is 4.99 Å². The minimum absolute atomic E-state index is 0.0331. The summed E-state index contributed by atoms with van der Waals surface area (Å²) < 4.78 is 0. The van der Waals surface area contributed by atoms with Gasteiger partial charge in [0.25, 0.3) is 0 Å². The zero-order chi connectivity index (χ0) is 8.85. The lowest BCUT2D eigenvalue weighted by Crippen LogP contribution is -1.92. The average Bonchev–Trinajstić information content (AvgIpc) is 1.99. The van der Waals surface area contributed by atoms with Crippen LogP contribution in [0.5, 0.6) is 0 Å². The van der Waals surface area contributed by atoms with Gasteiger partial charge in [-0.3, -0.25) is 9.79 Å². The van der Waals surface area contributed by atoms with Gasteiger partial charge >= 0.3 is 0 Å². The van der Waals surface area contributed by atoms with Gasteiger partial charge in [-0.1, -0.05) is 17.7 Å². The topological polar surface area (TPSA) is 29.4 Å². The summed E-state index contributed by atoms with van der Waals surface area (Å²) in [6, 6.07) is 0. The molecule has 3 heteroatoms. The zero-order valence-corrected chi connectivity index (χ0v) is 7.35. The van der Waals surface area contributed by atoms with Gasteiger partial charge in [-0.15, -0.1) is 0 Å². The Morgan fingerprint density at radius 2 is 2.18 bits per heavy atom. The number of ketones is 1. The SMILES string of the molecule is C=N/C(Cl)=C\C(=C/C)C(C)=O. The second-order valence-corrected chi connectivity index (χ2v) is 2.31. The van der Waals surface area contributed by atoms with Crippen molar-refractivity contribution in [3.8, 4) is 0 Å². The van der Waals surface area contributed by atoms with Gasteiger partial charge in [-0.2, -0.15) is 0 Å². The van der Waals surface area contributed by atoms with Crippen LogP contribution in [0.2, 0.25) is 0 Å². The summed E-state index contributed by atoms with van der Waals surface area (Å²) >= 11 is 5.52. The van der Waals surface area contributed by atoms with Crippen molar-refractivity contribution in [2.45, 2.75) is 13.8 Å². The maximum Gasteiger partial charge on any atom is 0.159 e. The largest absolute Gasteiger partial charge is 0.295 e. The van der Waals surface area contributed by atoms with Crippen LogP contribution in [0.3, 0.4) is 0 Å². The lowest BCUT2D eigenvalue weighted by Gasteiger charge is -1.93. The Labute approximate surface area is 71.3 Å². The highest BCUT2D eigenvalue weighted by Gasteiger charge is 1.98. The van der Waals surface area contributed by atoms with E-state index in [1.807, 2.05) is 0 Å². The Hall–Kier alpha value is -0.890. The molecule has 0 amide bonds. The summed E-state index contributed by atoms with van der Waals surface area (Å²) in [5.74, 6) is -0.0331. The van der Waals surface area contributed by atoms with Gasteiger partial charge < -0.3 is 0 Å². The van der Waals surface area contributed by atoms with E-state index in [0.29, 0.717) is 5.57 Å². The Morgan fingerprint density at radius 3 is 2.45 bits per heavy atom. The maximum absolute atomic E-state index is 10.8. The lowest BCUT2D eigenvalue weighted by molar-refractivity contribution is -0.113. The van der Waals surface area contributed by atoms with Gasteiger partial charge in [0.05, 0.1) is 0 Å². The monoisotopic (exact) mass is 171 g/mol. The summed E-state index contributed by atoms with van der Waals surface area (Å²) in [7, 11) is 0. The molecule has 0 aliphatic carbocycles. The molecule has 0 aliphatic rings. The fourth-order valence-corrected chi connectivity index (χ4v) is 0.680. The van der Waals surface area contributed by atoms with E-state index in [1.54, 1.807) is 13.0 Å². The van der Waals surface area contributed by atoms with Crippen LogP contribution < -0.4 is 0 Å². The lowest BCUT2D eigenvalue weighted by atomic mass is 10.2. The second-order valence-electron chi connectivity index (χ2n) is 1.93. The number of hydrogen-bond acceptors (Lipinski definition) is 2. The number of nitrogens with zero attached hydrogens (tertiary/aromatic N) is 1. The smallest absolute Gasteiger partial charge is 0.159 e. The standard InChI is InChI=1S/C8H10ClNO/c1-4-7(6(2)11)5-8(9)10-3/h4-5H,3H2,1-2H3/b7-4+,8-5-. The van der Waals surface area contributed by atoms with Gasteiger partial charge in [0.2, 0.25) is 0 Å². The van der Waals surface area contributed by atoms with Gasteiger partial charge in [-0.05, 0) is 26.6 Å². The van der Waals surface area contributed by atoms with Crippen LogP contribution in [0.25, 0.3) is 0 Å². The number of rotatable bonds is 3. The summed E-state index contributed by atoms with van der Waals surface area (Å²) in [5, 5.41) is 0.230. The zero-order valence-electron chi connectivity index (χ0n) is 6.60. The van der Waals surface area contributed by atoms with Crippen molar-refractivity contribution in [3.05, 3.63) is 22.9 Å². The number of aliphatic imine (C=N–C) groups is 1. The first-order valence-electron chi connectivity index (χ1n) is 3.13. The molecule has 0 aliphatic heterocycles. The minimum Gasteiger partial charge on any atom is -0.295 e. The van der Waals surface area contributed by atoms with Crippen LogP contribution in [-0.2, 0) is 4.79 Å². The Balaban J connectivity index is 4.57. The van der Waals surface area contributed by atoms with Crippen LogP contribution in [-0.4, -0.2) is 12.5 Å². The molecule has 0 atom stereocenters. The number of carbonyl (C=O) groups is 1. The van der Waals surface area contributed by atoms with E-state index in [2.05, 4.69) is 11.7 Å². The van der Waals surface area contributed by atoms with E-state index in [0.717, 1.165) is 0 Å². The van der Waals surface area contributed by atoms with E-state index in [9.17, 15) is 4.79 Å². The number of halogens is 1. The molecule has 0 saturated heterocycles. The predicted molar refractivity (Wildman–Crippen MR) is 47.9 cm³/mol. The van der Waals surface area contributed by atoms with Crippen molar-refractivity contribution in [2.75, 3.05) is 0 Å².